The van der Waals surface area contributed by atoms with Gasteiger partial charge in [0.25, 0.3) is 0 Å². The van der Waals surface area contributed by atoms with Gasteiger partial charge in [-0.25, -0.2) is 8.42 Å². The number of hydrogen-bond acceptors (Lipinski definition) is 3. The average Bonchev–Trinajstić information content (AvgIpc) is 2.93. The highest BCUT2D eigenvalue weighted by atomic mass is 32.2. The van der Waals surface area contributed by atoms with Gasteiger partial charge in [-0.15, -0.1) is 0 Å². The van der Waals surface area contributed by atoms with Gasteiger partial charge in [0.15, 0.2) is 0 Å². The summed E-state index contributed by atoms with van der Waals surface area (Å²) in [5.41, 5.74) is 2.28. The molecule has 0 radical (unpaired) electrons. The molecule has 0 aromatic heterocycles. The molecule has 0 N–H and O–H groups in total. The van der Waals surface area contributed by atoms with Crippen LogP contribution < -0.4 is 4.74 Å². The Labute approximate surface area is 149 Å². The van der Waals surface area contributed by atoms with E-state index in [0.717, 1.165) is 17.7 Å². The van der Waals surface area contributed by atoms with E-state index in [1.54, 1.807) is 23.5 Å². The molecular formula is C20H23NO3S. The Hall–Kier alpha value is -1.85. The third-order valence-corrected chi connectivity index (χ3v) is 7.57. The maximum Gasteiger partial charge on any atom is 0.243 e. The van der Waals surface area contributed by atoms with Gasteiger partial charge in [-0.3, -0.25) is 0 Å². The van der Waals surface area contributed by atoms with Crippen molar-refractivity contribution >= 4 is 10.0 Å². The van der Waals surface area contributed by atoms with E-state index in [-0.39, 0.29) is 0 Å². The summed E-state index contributed by atoms with van der Waals surface area (Å²) in [6.45, 7) is 3.19. The Kier molecular flexibility index (Phi) is 4.08. The molecule has 1 aliphatic carbocycles. The van der Waals surface area contributed by atoms with Gasteiger partial charge in [0.1, 0.15) is 5.75 Å². The molecule has 1 heterocycles. The van der Waals surface area contributed by atoms with E-state index in [0.29, 0.717) is 35.7 Å². The molecule has 0 unspecified atom stereocenters. The molecule has 4 nitrogen and oxygen atoms in total. The number of aryl methyl sites for hydroxylation is 1. The van der Waals surface area contributed by atoms with Crippen LogP contribution >= 0.6 is 0 Å². The molecule has 5 heteroatoms. The van der Waals surface area contributed by atoms with Crippen LogP contribution in [0.1, 0.15) is 23.5 Å². The molecule has 0 spiro atoms. The molecule has 1 saturated carbocycles. The maximum absolute atomic E-state index is 12.9. The number of sulfonamides is 1. The van der Waals surface area contributed by atoms with E-state index < -0.39 is 10.0 Å². The molecule has 0 bridgehead atoms. The highest BCUT2D eigenvalue weighted by Crippen LogP contribution is 2.53. The predicted octanol–water partition coefficient (Wildman–Crippen LogP) is 3.43. The highest BCUT2D eigenvalue weighted by molar-refractivity contribution is 7.89. The van der Waals surface area contributed by atoms with Crippen molar-refractivity contribution in [3.63, 3.8) is 0 Å². The van der Waals surface area contributed by atoms with Crippen molar-refractivity contribution in [1.29, 1.82) is 0 Å². The zero-order chi connectivity index (χ0) is 17.6. The summed E-state index contributed by atoms with van der Waals surface area (Å²) in [4.78, 5) is 0.397. The van der Waals surface area contributed by atoms with Gasteiger partial charge >= 0.3 is 0 Å². The molecule has 1 aliphatic heterocycles. The second-order valence-corrected chi connectivity index (χ2v) is 9.08. The van der Waals surface area contributed by atoms with Crippen molar-refractivity contribution in [2.75, 3.05) is 20.2 Å². The van der Waals surface area contributed by atoms with E-state index in [1.807, 2.05) is 37.3 Å². The van der Waals surface area contributed by atoms with Crippen LogP contribution in [0.2, 0.25) is 0 Å². The van der Waals surface area contributed by atoms with Crippen LogP contribution in [0.5, 0.6) is 5.75 Å². The number of ether oxygens (including phenoxy) is 1. The quantitative estimate of drug-likeness (QED) is 0.842. The van der Waals surface area contributed by atoms with E-state index >= 15 is 0 Å². The van der Waals surface area contributed by atoms with Crippen molar-refractivity contribution in [1.82, 2.24) is 4.31 Å². The number of fused-ring (bicyclic) bond motifs is 1. The van der Waals surface area contributed by atoms with Gasteiger partial charge in [0.2, 0.25) is 10.0 Å². The molecule has 2 aromatic rings. The van der Waals surface area contributed by atoms with Crippen LogP contribution in [-0.4, -0.2) is 32.9 Å². The molecule has 132 valence electrons. The molecule has 1 saturated heterocycles. The largest absolute Gasteiger partial charge is 0.496 e. The minimum absolute atomic E-state index is 0.386. The van der Waals surface area contributed by atoms with Gasteiger partial charge in [-0.1, -0.05) is 35.9 Å². The average molecular weight is 357 g/mol. The topological polar surface area (TPSA) is 46.6 Å². The lowest BCUT2D eigenvalue weighted by molar-refractivity contribution is 0.187. The molecule has 0 amide bonds. The Bertz CT molecular complexity index is 876. The second kappa shape index (κ2) is 6.15. The lowest BCUT2D eigenvalue weighted by Gasteiger charge is -2.40. The summed E-state index contributed by atoms with van der Waals surface area (Å²) in [5.74, 6) is 2.14. The van der Waals surface area contributed by atoms with E-state index in [9.17, 15) is 8.42 Å². The number of methoxy groups -OCH3 is 1. The minimum Gasteiger partial charge on any atom is -0.496 e. The smallest absolute Gasteiger partial charge is 0.243 e. The first-order valence-electron chi connectivity index (χ1n) is 8.70. The highest BCUT2D eigenvalue weighted by Gasteiger charge is 2.51. The van der Waals surface area contributed by atoms with Crippen LogP contribution in [0.4, 0.5) is 0 Å². The van der Waals surface area contributed by atoms with Crippen molar-refractivity contribution in [2.45, 2.75) is 24.2 Å². The van der Waals surface area contributed by atoms with Crippen LogP contribution in [0.3, 0.4) is 0 Å². The molecule has 4 rings (SSSR count). The fraction of sp³-hybridized carbons (Fsp3) is 0.400. The number of hydrogen-bond donors (Lipinski definition) is 0. The Balaban J connectivity index is 1.55. The summed E-state index contributed by atoms with van der Waals surface area (Å²) >= 11 is 0. The second-order valence-electron chi connectivity index (χ2n) is 7.14. The van der Waals surface area contributed by atoms with E-state index in [1.165, 1.54) is 5.56 Å². The Morgan fingerprint density at radius 3 is 2.48 bits per heavy atom. The summed E-state index contributed by atoms with van der Waals surface area (Å²) < 4.78 is 33.0. The lowest BCUT2D eigenvalue weighted by Crippen LogP contribution is -2.33. The first-order valence-corrected chi connectivity index (χ1v) is 10.1. The van der Waals surface area contributed by atoms with Crippen molar-refractivity contribution in [3.05, 3.63) is 59.7 Å². The zero-order valence-electron chi connectivity index (χ0n) is 14.6. The minimum atomic E-state index is -3.40. The maximum atomic E-state index is 12.9. The molecular weight excluding hydrogens is 334 g/mol. The van der Waals surface area contributed by atoms with E-state index in [4.69, 9.17) is 4.74 Å². The first-order chi connectivity index (χ1) is 12.0. The summed E-state index contributed by atoms with van der Waals surface area (Å²) in [5, 5.41) is 0. The predicted molar refractivity (Wildman–Crippen MR) is 97.3 cm³/mol. The normalized spacial score (nSPS) is 26.1. The standard InChI is InChI=1S/C20H23NO3S/c1-14-7-9-16(10-8-14)25(22,23)21-12-15-11-18(19(15)13-21)17-5-3-4-6-20(17)24-2/h3-10,15,18-19H,11-13H2,1-2H3/t15-,18-,19+/m1/s1. The van der Waals surface area contributed by atoms with Gasteiger partial charge in [-0.05, 0) is 54.9 Å². The fourth-order valence-electron chi connectivity index (χ4n) is 4.25. The fourth-order valence-corrected chi connectivity index (χ4v) is 5.79. The zero-order valence-corrected chi connectivity index (χ0v) is 15.4. The van der Waals surface area contributed by atoms with Crippen LogP contribution in [-0.2, 0) is 10.0 Å². The monoisotopic (exact) mass is 357 g/mol. The van der Waals surface area contributed by atoms with Crippen molar-refractivity contribution in [2.24, 2.45) is 11.8 Å². The molecule has 2 fully saturated rings. The number of para-hydroxylation sites is 1. The van der Waals surface area contributed by atoms with Crippen LogP contribution in [0.15, 0.2) is 53.4 Å². The van der Waals surface area contributed by atoms with Crippen molar-refractivity contribution in [3.8, 4) is 5.75 Å². The van der Waals surface area contributed by atoms with E-state index in [2.05, 4.69) is 6.07 Å². The SMILES string of the molecule is COc1ccccc1[C@H]1C[C@@H]2CN(S(=O)(=O)c3ccc(C)cc3)C[C@@H]21. The Morgan fingerprint density at radius 1 is 1.04 bits per heavy atom. The summed E-state index contributed by atoms with van der Waals surface area (Å²) in [7, 11) is -1.71. The number of nitrogens with zero attached hydrogens (tertiary/aromatic N) is 1. The summed E-state index contributed by atoms with van der Waals surface area (Å²) in [6, 6.07) is 15.2. The molecule has 3 atom stereocenters. The summed E-state index contributed by atoms with van der Waals surface area (Å²) in [6.07, 6.45) is 1.03. The van der Waals surface area contributed by atoms with Crippen LogP contribution in [0.25, 0.3) is 0 Å². The van der Waals surface area contributed by atoms with Gasteiger partial charge in [0, 0.05) is 13.1 Å². The van der Waals surface area contributed by atoms with Crippen LogP contribution in [0, 0.1) is 18.8 Å². The number of rotatable bonds is 4. The van der Waals surface area contributed by atoms with Gasteiger partial charge in [-0.2, -0.15) is 4.31 Å². The molecule has 2 aromatic carbocycles. The Morgan fingerprint density at radius 2 is 1.76 bits per heavy atom. The third kappa shape index (κ3) is 2.75. The van der Waals surface area contributed by atoms with Crippen molar-refractivity contribution < 1.29 is 13.2 Å². The third-order valence-electron chi connectivity index (χ3n) is 5.73. The van der Waals surface area contributed by atoms with Gasteiger partial charge < -0.3 is 4.74 Å². The lowest BCUT2D eigenvalue weighted by atomic mass is 9.64. The first kappa shape index (κ1) is 16.6. The molecule has 25 heavy (non-hydrogen) atoms. The number of benzene rings is 2. The molecule has 2 aliphatic rings. The van der Waals surface area contributed by atoms with Gasteiger partial charge in [0.05, 0.1) is 12.0 Å².